The molecule has 0 aromatic heterocycles. The number of hydrogen-bond donors (Lipinski definition) is 1. The summed E-state index contributed by atoms with van der Waals surface area (Å²) in [7, 11) is 2.08. The van der Waals surface area contributed by atoms with Crippen LogP contribution in [0.15, 0.2) is 0 Å². The van der Waals surface area contributed by atoms with E-state index >= 15 is 0 Å². The number of nitrogens with one attached hydrogen (secondary N) is 1. The van der Waals surface area contributed by atoms with Crippen molar-refractivity contribution in [3.05, 3.63) is 0 Å². The summed E-state index contributed by atoms with van der Waals surface area (Å²) in [6.07, 6.45) is 2.19. The third-order valence-corrected chi connectivity index (χ3v) is 4.04. The van der Waals surface area contributed by atoms with Crippen molar-refractivity contribution in [1.29, 1.82) is 0 Å². The van der Waals surface area contributed by atoms with E-state index in [4.69, 9.17) is 0 Å². The maximum atomic E-state index is 12.2. The molecule has 5 nitrogen and oxygen atoms in total. The Bertz CT molecular complexity index is 345. The molecule has 2 saturated heterocycles. The number of rotatable bonds is 4. The van der Waals surface area contributed by atoms with E-state index in [1.807, 2.05) is 13.8 Å². The molecule has 5 heteroatoms. The topological polar surface area (TPSA) is 52.7 Å². The molecule has 102 valence electrons. The van der Waals surface area contributed by atoms with Crippen LogP contribution in [0, 0.1) is 0 Å². The molecule has 3 unspecified atom stereocenters. The van der Waals surface area contributed by atoms with Gasteiger partial charge in [0.2, 0.25) is 11.8 Å². The molecular weight excluding hydrogens is 230 g/mol. The van der Waals surface area contributed by atoms with Crippen molar-refractivity contribution in [2.75, 3.05) is 20.1 Å². The van der Waals surface area contributed by atoms with Crippen molar-refractivity contribution < 1.29 is 9.59 Å². The van der Waals surface area contributed by atoms with Crippen LogP contribution in [0.1, 0.15) is 33.1 Å². The first-order chi connectivity index (χ1) is 8.52. The molecule has 18 heavy (non-hydrogen) atoms. The predicted octanol–water partition coefficient (Wildman–Crippen LogP) is 0.206. The molecule has 1 N–H and O–H groups in total. The molecule has 2 amide bonds. The van der Waals surface area contributed by atoms with Crippen LogP contribution in [-0.4, -0.2) is 59.9 Å². The molecule has 2 aliphatic heterocycles. The van der Waals surface area contributed by atoms with Crippen LogP contribution >= 0.6 is 0 Å². The SMILES string of the molecule is CCC(C)N1C(=O)CC(NC2CCN(C)C2)C1=O. The summed E-state index contributed by atoms with van der Waals surface area (Å²) >= 11 is 0. The normalized spacial score (nSPS) is 31.4. The molecular formula is C13H23N3O2. The third kappa shape index (κ3) is 2.57. The van der Waals surface area contributed by atoms with E-state index in [0.717, 1.165) is 25.9 Å². The van der Waals surface area contributed by atoms with E-state index in [-0.39, 0.29) is 23.9 Å². The number of likely N-dealkylation sites (tertiary alicyclic amines) is 2. The lowest BCUT2D eigenvalue weighted by atomic mass is 10.2. The van der Waals surface area contributed by atoms with Crippen LogP contribution in [0.2, 0.25) is 0 Å². The summed E-state index contributed by atoms with van der Waals surface area (Å²) in [6, 6.07) is 0.0553. The van der Waals surface area contributed by atoms with Gasteiger partial charge in [-0.3, -0.25) is 14.5 Å². The average molecular weight is 253 g/mol. The zero-order valence-electron chi connectivity index (χ0n) is 11.5. The minimum Gasteiger partial charge on any atom is -0.305 e. The van der Waals surface area contributed by atoms with E-state index in [1.165, 1.54) is 4.90 Å². The molecule has 2 fully saturated rings. The highest BCUT2D eigenvalue weighted by molar-refractivity contribution is 6.05. The number of likely N-dealkylation sites (N-methyl/N-ethyl adjacent to an activating group) is 1. The fraction of sp³-hybridized carbons (Fsp3) is 0.846. The van der Waals surface area contributed by atoms with Gasteiger partial charge < -0.3 is 10.2 Å². The molecule has 3 atom stereocenters. The van der Waals surface area contributed by atoms with E-state index < -0.39 is 0 Å². The van der Waals surface area contributed by atoms with Gasteiger partial charge >= 0.3 is 0 Å². The van der Waals surface area contributed by atoms with Crippen LogP contribution in [0.5, 0.6) is 0 Å². The summed E-state index contributed by atoms with van der Waals surface area (Å²) in [5.41, 5.74) is 0. The van der Waals surface area contributed by atoms with E-state index in [0.29, 0.717) is 12.5 Å². The number of amides is 2. The van der Waals surface area contributed by atoms with E-state index in [1.54, 1.807) is 0 Å². The van der Waals surface area contributed by atoms with Crippen molar-refractivity contribution in [2.45, 2.75) is 51.2 Å². The molecule has 0 radical (unpaired) electrons. The summed E-state index contributed by atoms with van der Waals surface area (Å²) in [5.74, 6) is -0.0675. The highest BCUT2D eigenvalue weighted by atomic mass is 16.2. The summed E-state index contributed by atoms with van der Waals surface area (Å²) < 4.78 is 0. The van der Waals surface area contributed by atoms with Crippen molar-refractivity contribution in [3.8, 4) is 0 Å². The van der Waals surface area contributed by atoms with Crippen LogP contribution in [0.3, 0.4) is 0 Å². The van der Waals surface area contributed by atoms with E-state index in [2.05, 4.69) is 17.3 Å². The summed E-state index contributed by atoms with van der Waals surface area (Å²) in [6.45, 7) is 5.95. The lowest BCUT2D eigenvalue weighted by Crippen LogP contribution is -2.46. The lowest BCUT2D eigenvalue weighted by molar-refractivity contribution is -0.141. The summed E-state index contributed by atoms with van der Waals surface area (Å²) in [4.78, 5) is 27.8. The Morgan fingerprint density at radius 1 is 1.44 bits per heavy atom. The van der Waals surface area contributed by atoms with Gasteiger partial charge in [0.1, 0.15) is 0 Å². The molecule has 2 aliphatic rings. The lowest BCUT2D eigenvalue weighted by Gasteiger charge is -2.22. The van der Waals surface area contributed by atoms with Gasteiger partial charge in [0.05, 0.1) is 12.5 Å². The third-order valence-electron chi connectivity index (χ3n) is 4.04. The minimum atomic E-state index is -0.303. The number of hydrogen-bond acceptors (Lipinski definition) is 4. The first-order valence-corrected chi connectivity index (χ1v) is 6.83. The molecule has 2 heterocycles. The molecule has 0 aliphatic carbocycles. The van der Waals surface area contributed by atoms with Gasteiger partial charge in [-0.2, -0.15) is 0 Å². The Hall–Kier alpha value is -0.940. The smallest absolute Gasteiger partial charge is 0.247 e. The van der Waals surface area contributed by atoms with Crippen molar-refractivity contribution in [1.82, 2.24) is 15.1 Å². The minimum absolute atomic E-state index is 0.0167. The first kappa shape index (κ1) is 13.5. The standard InChI is InChI=1S/C13H23N3O2/c1-4-9(2)16-12(17)7-11(13(16)18)14-10-5-6-15(3)8-10/h9-11,14H,4-8H2,1-3H3. The molecule has 0 spiro atoms. The largest absolute Gasteiger partial charge is 0.305 e. The zero-order chi connectivity index (χ0) is 13.3. The maximum absolute atomic E-state index is 12.2. The highest BCUT2D eigenvalue weighted by Gasteiger charge is 2.41. The maximum Gasteiger partial charge on any atom is 0.247 e. The van der Waals surface area contributed by atoms with Gasteiger partial charge in [-0.1, -0.05) is 6.92 Å². The van der Waals surface area contributed by atoms with Crippen LogP contribution < -0.4 is 5.32 Å². The van der Waals surface area contributed by atoms with Crippen LogP contribution in [-0.2, 0) is 9.59 Å². The first-order valence-electron chi connectivity index (χ1n) is 6.83. The van der Waals surface area contributed by atoms with Crippen molar-refractivity contribution in [2.24, 2.45) is 0 Å². The van der Waals surface area contributed by atoms with E-state index in [9.17, 15) is 9.59 Å². The fourth-order valence-corrected chi connectivity index (χ4v) is 2.78. The monoisotopic (exact) mass is 253 g/mol. The molecule has 0 aromatic rings. The van der Waals surface area contributed by atoms with Gasteiger partial charge in [0.15, 0.2) is 0 Å². The Balaban J connectivity index is 1.95. The Morgan fingerprint density at radius 3 is 2.72 bits per heavy atom. The molecule has 0 aromatic carbocycles. The second-order valence-electron chi connectivity index (χ2n) is 5.53. The van der Waals surface area contributed by atoms with Crippen LogP contribution in [0.25, 0.3) is 0 Å². The second-order valence-corrected chi connectivity index (χ2v) is 5.53. The highest BCUT2D eigenvalue weighted by Crippen LogP contribution is 2.19. The molecule has 2 rings (SSSR count). The van der Waals surface area contributed by atoms with Crippen molar-refractivity contribution >= 4 is 11.8 Å². The fourth-order valence-electron chi connectivity index (χ4n) is 2.78. The predicted molar refractivity (Wildman–Crippen MR) is 69.0 cm³/mol. The van der Waals surface area contributed by atoms with Gasteiger partial charge in [0.25, 0.3) is 0 Å². The number of imide groups is 1. The van der Waals surface area contributed by atoms with Gasteiger partial charge in [-0.05, 0) is 33.4 Å². The molecule has 0 bridgehead atoms. The Labute approximate surface area is 108 Å². The average Bonchev–Trinajstić information content (AvgIpc) is 2.84. The Kier molecular flexibility index (Phi) is 4.02. The Morgan fingerprint density at radius 2 is 2.17 bits per heavy atom. The number of carbonyl (C=O) groups is 2. The zero-order valence-corrected chi connectivity index (χ0v) is 11.5. The van der Waals surface area contributed by atoms with Gasteiger partial charge in [-0.25, -0.2) is 0 Å². The number of carbonyl (C=O) groups excluding carboxylic acids is 2. The van der Waals surface area contributed by atoms with Crippen molar-refractivity contribution in [3.63, 3.8) is 0 Å². The van der Waals surface area contributed by atoms with Gasteiger partial charge in [-0.15, -0.1) is 0 Å². The van der Waals surface area contributed by atoms with Gasteiger partial charge in [0, 0.05) is 18.6 Å². The summed E-state index contributed by atoms with van der Waals surface area (Å²) in [5, 5.41) is 3.34. The quantitative estimate of drug-likeness (QED) is 0.728. The molecule has 0 saturated carbocycles. The van der Waals surface area contributed by atoms with Crippen LogP contribution in [0.4, 0.5) is 0 Å². The number of nitrogens with zero attached hydrogens (tertiary/aromatic N) is 2. The second kappa shape index (κ2) is 5.36.